The van der Waals surface area contributed by atoms with Crippen LogP contribution in [0.4, 0.5) is 5.69 Å². The van der Waals surface area contributed by atoms with Crippen molar-refractivity contribution in [3.05, 3.63) is 77.1 Å². The van der Waals surface area contributed by atoms with Crippen LogP contribution in [0.1, 0.15) is 0 Å². The molecule has 2 heterocycles. The number of methoxy groups -OCH3 is 2. The largest absolute Gasteiger partial charge is 0.497 e. The van der Waals surface area contributed by atoms with Gasteiger partial charge in [0.2, 0.25) is 5.91 Å². The predicted molar refractivity (Wildman–Crippen MR) is 141 cm³/mol. The van der Waals surface area contributed by atoms with Gasteiger partial charge in [-0.3, -0.25) is 14.2 Å². The summed E-state index contributed by atoms with van der Waals surface area (Å²) in [7, 11) is 3.08. The molecular formula is C27H25N3O6S. The summed E-state index contributed by atoms with van der Waals surface area (Å²) >= 11 is 1.18. The lowest BCUT2D eigenvalue weighted by Gasteiger charge is -2.27. The third-order valence-corrected chi connectivity index (χ3v) is 6.77. The molecule has 1 unspecified atom stereocenters. The fourth-order valence-electron chi connectivity index (χ4n) is 3.99. The summed E-state index contributed by atoms with van der Waals surface area (Å²) in [6.45, 7) is 0.513. The van der Waals surface area contributed by atoms with Crippen LogP contribution in [-0.4, -0.2) is 48.1 Å². The molecule has 1 aliphatic heterocycles. The van der Waals surface area contributed by atoms with Crippen molar-refractivity contribution in [1.29, 1.82) is 0 Å². The van der Waals surface area contributed by atoms with Crippen LogP contribution in [0.15, 0.2) is 76.7 Å². The van der Waals surface area contributed by atoms with E-state index < -0.39 is 6.10 Å². The van der Waals surface area contributed by atoms with Gasteiger partial charge in [0.25, 0.3) is 5.56 Å². The molecule has 0 saturated heterocycles. The number of aromatic nitrogens is 2. The standard InChI is InChI=1S/C27H25N3O6S/c1-33-17-11-12-21(24(13-17)34-2)28-25(31)16-37-27-29-20-8-4-3-7-19(20)26(32)30(27)14-18-15-35-22-9-5-6-10-23(22)36-18/h3-13,18H,14-16H2,1-2H3,(H,28,31). The van der Waals surface area contributed by atoms with Crippen molar-refractivity contribution in [2.45, 2.75) is 17.8 Å². The van der Waals surface area contributed by atoms with Gasteiger partial charge < -0.3 is 24.3 Å². The van der Waals surface area contributed by atoms with Crippen molar-refractivity contribution in [3.63, 3.8) is 0 Å². The zero-order valence-corrected chi connectivity index (χ0v) is 21.1. The molecule has 1 amide bonds. The molecule has 0 radical (unpaired) electrons. The first-order valence-electron chi connectivity index (χ1n) is 11.6. The van der Waals surface area contributed by atoms with E-state index in [1.54, 1.807) is 48.1 Å². The van der Waals surface area contributed by atoms with Crippen LogP contribution in [0.2, 0.25) is 0 Å². The molecule has 0 aliphatic carbocycles. The molecule has 37 heavy (non-hydrogen) atoms. The average Bonchev–Trinajstić information content (AvgIpc) is 2.93. The molecule has 5 rings (SSSR count). The van der Waals surface area contributed by atoms with Crippen molar-refractivity contribution >= 4 is 34.3 Å². The summed E-state index contributed by atoms with van der Waals surface area (Å²) in [6.07, 6.45) is -0.396. The summed E-state index contributed by atoms with van der Waals surface area (Å²) in [5.74, 6) is 2.16. The van der Waals surface area contributed by atoms with Crippen molar-refractivity contribution in [1.82, 2.24) is 9.55 Å². The maximum Gasteiger partial charge on any atom is 0.262 e. The number of carbonyl (C=O) groups is 1. The average molecular weight is 520 g/mol. The summed E-state index contributed by atoms with van der Waals surface area (Å²) in [5.41, 5.74) is 0.881. The Morgan fingerprint density at radius 3 is 2.68 bits per heavy atom. The van der Waals surface area contributed by atoms with E-state index in [1.165, 1.54) is 18.9 Å². The first kappa shape index (κ1) is 24.5. The first-order valence-corrected chi connectivity index (χ1v) is 12.6. The molecule has 0 spiro atoms. The van der Waals surface area contributed by atoms with Crippen LogP contribution in [0.3, 0.4) is 0 Å². The molecule has 190 valence electrons. The predicted octanol–water partition coefficient (Wildman–Crippen LogP) is 3.98. The third-order valence-electron chi connectivity index (χ3n) is 5.80. The Balaban J connectivity index is 1.37. The van der Waals surface area contributed by atoms with Gasteiger partial charge in [-0.15, -0.1) is 0 Å². The van der Waals surface area contributed by atoms with Gasteiger partial charge in [0, 0.05) is 6.07 Å². The maximum atomic E-state index is 13.4. The van der Waals surface area contributed by atoms with Crippen molar-refractivity contribution in [2.24, 2.45) is 0 Å². The van der Waals surface area contributed by atoms with E-state index >= 15 is 0 Å². The van der Waals surface area contributed by atoms with Gasteiger partial charge in [-0.05, 0) is 36.4 Å². The Kier molecular flexibility index (Phi) is 7.18. The number of nitrogens with zero attached hydrogens (tertiary/aromatic N) is 2. The molecular weight excluding hydrogens is 494 g/mol. The van der Waals surface area contributed by atoms with Crippen molar-refractivity contribution < 1.29 is 23.7 Å². The molecule has 1 N–H and O–H groups in total. The molecule has 10 heteroatoms. The molecule has 0 bridgehead atoms. The van der Waals surface area contributed by atoms with Crippen molar-refractivity contribution in [3.8, 4) is 23.0 Å². The zero-order chi connectivity index (χ0) is 25.8. The molecule has 9 nitrogen and oxygen atoms in total. The second-order valence-corrected chi connectivity index (χ2v) is 9.17. The number of nitrogens with one attached hydrogen (secondary N) is 1. The Morgan fingerprint density at radius 1 is 1.08 bits per heavy atom. The first-order chi connectivity index (χ1) is 18.1. The minimum Gasteiger partial charge on any atom is -0.497 e. The van der Waals surface area contributed by atoms with Gasteiger partial charge in [0.15, 0.2) is 22.8 Å². The van der Waals surface area contributed by atoms with Crippen LogP contribution in [0.25, 0.3) is 10.9 Å². The number of benzene rings is 3. The third kappa shape index (κ3) is 5.34. The highest BCUT2D eigenvalue weighted by Crippen LogP contribution is 2.32. The lowest BCUT2D eigenvalue weighted by atomic mass is 10.2. The number of carbonyl (C=O) groups excluding carboxylic acids is 1. The highest BCUT2D eigenvalue weighted by molar-refractivity contribution is 7.99. The second-order valence-electron chi connectivity index (χ2n) is 8.23. The molecule has 1 atom stereocenters. The molecule has 1 aromatic heterocycles. The fourth-order valence-corrected chi connectivity index (χ4v) is 4.80. The number of hydrogen-bond donors (Lipinski definition) is 1. The van der Waals surface area contributed by atoms with Gasteiger partial charge in [-0.1, -0.05) is 36.0 Å². The van der Waals surface area contributed by atoms with E-state index in [1.807, 2.05) is 30.3 Å². The highest BCUT2D eigenvalue weighted by Gasteiger charge is 2.24. The van der Waals surface area contributed by atoms with E-state index in [0.29, 0.717) is 44.7 Å². The molecule has 3 aromatic carbocycles. The van der Waals surface area contributed by atoms with Crippen LogP contribution in [-0.2, 0) is 11.3 Å². The van der Waals surface area contributed by atoms with Crippen LogP contribution in [0, 0.1) is 0 Å². The number of thioether (sulfide) groups is 1. The number of anilines is 1. The SMILES string of the molecule is COc1ccc(NC(=O)CSc2nc3ccccc3c(=O)n2CC2COc3ccccc3O2)c(OC)c1. The summed E-state index contributed by atoms with van der Waals surface area (Å²) in [4.78, 5) is 30.9. The Hall–Kier alpha value is -4.18. The molecule has 1 aliphatic rings. The van der Waals surface area contributed by atoms with Gasteiger partial charge >= 0.3 is 0 Å². The minimum absolute atomic E-state index is 0.0326. The smallest absolute Gasteiger partial charge is 0.262 e. The number of amides is 1. The quantitative estimate of drug-likeness (QED) is 0.276. The molecule has 0 fully saturated rings. The lowest BCUT2D eigenvalue weighted by molar-refractivity contribution is -0.113. The van der Waals surface area contributed by atoms with Gasteiger partial charge in [0.1, 0.15) is 18.1 Å². The second kappa shape index (κ2) is 10.8. The van der Waals surface area contributed by atoms with E-state index in [2.05, 4.69) is 10.3 Å². The Morgan fingerprint density at radius 2 is 1.86 bits per heavy atom. The summed E-state index contributed by atoms with van der Waals surface area (Å²) in [6, 6.07) is 19.7. The normalized spacial score (nSPS) is 14.3. The van der Waals surface area contributed by atoms with Gasteiger partial charge in [-0.2, -0.15) is 0 Å². The summed E-state index contributed by atoms with van der Waals surface area (Å²) in [5, 5.41) is 3.76. The highest BCUT2D eigenvalue weighted by atomic mass is 32.2. The fraction of sp³-hybridized carbons (Fsp3) is 0.222. The molecule has 4 aromatic rings. The van der Waals surface area contributed by atoms with Crippen LogP contribution in [0.5, 0.6) is 23.0 Å². The van der Waals surface area contributed by atoms with Crippen LogP contribution < -0.4 is 29.8 Å². The molecule has 0 saturated carbocycles. The van der Waals surface area contributed by atoms with Gasteiger partial charge in [-0.25, -0.2) is 4.98 Å². The number of ether oxygens (including phenoxy) is 4. The number of para-hydroxylation sites is 3. The van der Waals surface area contributed by atoms with E-state index in [9.17, 15) is 9.59 Å². The van der Waals surface area contributed by atoms with E-state index in [0.717, 1.165) is 0 Å². The Bertz CT molecular complexity index is 1510. The minimum atomic E-state index is -0.396. The number of hydrogen-bond acceptors (Lipinski definition) is 8. The van der Waals surface area contributed by atoms with E-state index in [-0.39, 0.29) is 30.4 Å². The monoisotopic (exact) mass is 519 g/mol. The van der Waals surface area contributed by atoms with Gasteiger partial charge in [0.05, 0.1) is 43.1 Å². The van der Waals surface area contributed by atoms with Crippen LogP contribution >= 0.6 is 11.8 Å². The lowest BCUT2D eigenvalue weighted by Crippen LogP contribution is -2.37. The topological polar surface area (TPSA) is 101 Å². The maximum absolute atomic E-state index is 13.4. The van der Waals surface area contributed by atoms with Crippen molar-refractivity contribution in [2.75, 3.05) is 31.9 Å². The Labute approximate surface area is 217 Å². The number of rotatable bonds is 8. The van der Waals surface area contributed by atoms with E-state index in [4.69, 9.17) is 18.9 Å². The number of fused-ring (bicyclic) bond motifs is 2. The zero-order valence-electron chi connectivity index (χ0n) is 20.3. The summed E-state index contributed by atoms with van der Waals surface area (Å²) < 4.78 is 24.0.